The van der Waals surface area contributed by atoms with E-state index in [-0.39, 0.29) is 11.5 Å². The van der Waals surface area contributed by atoms with Crippen molar-refractivity contribution in [2.24, 2.45) is 0 Å². The van der Waals surface area contributed by atoms with Gasteiger partial charge in [-0.2, -0.15) is 0 Å². The van der Waals surface area contributed by atoms with Crippen molar-refractivity contribution in [2.45, 2.75) is 27.8 Å². The summed E-state index contributed by atoms with van der Waals surface area (Å²) in [4.78, 5) is 25.7. The topological polar surface area (TPSA) is 42.4 Å². The van der Waals surface area contributed by atoms with Gasteiger partial charge >= 0.3 is 152 Å². The van der Waals surface area contributed by atoms with Crippen LogP contribution in [0, 0.1) is 5.82 Å². The normalized spacial score (nSPS) is 14.4. The molecule has 0 unspecified atom stereocenters. The summed E-state index contributed by atoms with van der Waals surface area (Å²) < 4.78 is 20.6. The molecule has 0 aliphatic carbocycles. The first kappa shape index (κ1) is 18.2. The monoisotopic (exact) mass is 450 g/mol. The summed E-state index contributed by atoms with van der Waals surface area (Å²) in [6, 6.07) is 7.60. The Balaban J connectivity index is 1.90. The molecule has 3 rings (SSSR count). The van der Waals surface area contributed by atoms with Gasteiger partial charge in [-0.1, -0.05) is 0 Å². The van der Waals surface area contributed by atoms with E-state index < -0.39 is 24.2 Å². The fraction of sp³-hybridized carbons (Fsp3) is 0.368. The number of methoxy groups -OCH3 is 1. The van der Waals surface area contributed by atoms with Crippen molar-refractivity contribution in [3.63, 3.8) is 0 Å². The quantitative estimate of drug-likeness (QED) is 0.675. The number of hydrogen-bond acceptors (Lipinski definition) is 3. The summed E-state index contributed by atoms with van der Waals surface area (Å²) in [5.74, 6) is 0.0472. The predicted octanol–water partition coefficient (Wildman–Crippen LogP) is 2.97. The Bertz CT molecular complexity index is 800. The van der Waals surface area contributed by atoms with Crippen LogP contribution >= 0.6 is 0 Å². The first-order valence-electron chi connectivity index (χ1n) is 8.41. The number of pyridine rings is 1. The average molecular weight is 449 g/mol. The van der Waals surface area contributed by atoms with Crippen LogP contribution < -0.4 is 8.45 Å². The number of carbonyl (C=O) groups is 1. The fourth-order valence-corrected chi connectivity index (χ4v) is 7.84. The zero-order valence-corrected chi connectivity index (χ0v) is 18.0. The Labute approximate surface area is 151 Å². The molecule has 132 valence electrons. The van der Waals surface area contributed by atoms with Gasteiger partial charge in [-0.3, -0.25) is 0 Å². The molecular formula is C19H23FN2O2Sn. The Morgan fingerprint density at radius 3 is 2.52 bits per heavy atom. The zero-order chi connectivity index (χ0) is 18.2. The van der Waals surface area contributed by atoms with Crippen LogP contribution in [0.4, 0.5) is 4.39 Å². The molecule has 1 amide bonds. The van der Waals surface area contributed by atoms with Gasteiger partial charge in [0.05, 0.1) is 0 Å². The molecule has 0 bridgehead atoms. The van der Waals surface area contributed by atoms with Gasteiger partial charge in [-0.15, -0.1) is 0 Å². The molecule has 1 aromatic carbocycles. The van der Waals surface area contributed by atoms with E-state index in [1.807, 2.05) is 24.3 Å². The summed E-state index contributed by atoms with van der Waals surface area (Å²) in [7, 11) is 1.62. The Morgan fingerprint density at radius 1 is 1.24 bits per heavy atom. The number of benzene rings is 1. The molecule has 2 aromatic rings. The average Bonchev–Trinajstić information content (AvgIpc) is 2.57. The van der Waals surface area contributed by atoms with Gasteiger partial charge in [0, 0.05) is 0 Å². The van der Waals surface area contributed by atoms with E-state index >= 15 is 0 Å². The number of ether oxygens (including phenoxy) is 1. The van der Waals surface area contributed by atoms with Gasteiger partial charge in [0.15, 0.2) is 0 Å². The van der Waals surface area contributed by atoms with Gasteiger partial charge < -0.3 is 0 Å². The summed E-state index contributed by atoms with van der Waals surface area (Å²) >= 11 is -2.51. The number of halogens is 1. The van der Waals surface area contributed by atoms with Crippen LogP contribution in [0.5, 0.6) is 5.75 Å². The Morgan fingerprint density at radius 2 is 1.92 bits per heavy atom. The van der Waals surface area contributed by atoms with Gasteiger partial charge in [-0.05, 0) is 0 Å². The maximum atomic E-state index is 14.4. The van der Waals surface area contributed by atoms with Crippen LogP contribution in [-0.2, 0) is 13.0 Å². The molecule has 6 heteroatoms. The minimum atomic E-state index is -2.51. The van der Waals surface area contributed by atoms with Gasteiger partial charge in [0.25, 0.3) is 0 Å². The molecule has 0 atom stereocenters. The van der Waals surface area contributed by atoms with Gasteiger partial charge in [-0.25, -0.2) is 0 Å². The second-order valence-corrected chi connectivity index (χ2v) is 21.6. The number of hydrogen-bond donors (Lipinski definition) is 0. The molecule has 4 nitrogen and oxygen atoms in total. The third-order valence-corrected chi connectivity index (χ3v) is 9.79. The predicted molar refractivity (Wildman–Crippen MR) is 98.6 cm³/mol. The molecule has 1 aliphatic rings. The molecule has 25 heavy (non-hydrogen) atoms. The van der Waals surface area contributed by atoms with Crippen molar-refractivity contribution in [3.8, 4) is 5.75 Å². The van der Waals surface area contributed by atoms with Gasteiger partial charge in [0.2, 0.25) is 0 Å². The minimum absolute atomic E-state index is 0.228. The van der Waals surface area contributed by atoms with Crippen LogP contribution in [0.15, 0.2) is 30.5 Å². The molecule has 0 saturated carbocycles. The van der Waals surface area contributed by atoms with Crippen LogP contribution in [-0.4, -0.2) is 47.8 Å². The molecule has 0 radical (unpaired) electrons. The van der Waals surface area contributed by atoms with E-state index in [4.69, 9.17) is 4.74 Å². The first-order chi connectivity index (χ1) is 11.8. The number of nitrogens with zero attached hydrogens (tertiary/aromatic N) is 2. The summed E-state index contributed by atoms with van der Waals surface area (Å²) in [6.07, 6.45) is 1.90. The second-order valence-electron chi connectivity index (χ2n) is 7.38. The van der Waals surface area contributed by atoms with Crippen LogP contribution in [0.2, 0.25) is 14.8 Å². The van der Waals surface area contributed by atoms with Crippen LogP contribution in [0.25, 0.3) is 0 Å². The number of fused-ring (bicyclic) bond motifs is 1. The SMILES string of the molecule is COc1ccc(CN2CCc3[c]([Sn]([CH3])([CH3])[CH3])ncc(F)c3C2=O)cc1. The van der Waals surface area contributed by atoms with Gasteiger partial charge in [0.1, 0.15) is 0 Å². The van der Waals surface area contributed by atoms with Crippen molar-refractivity contribution in [3.05, 3.63) is 53.0 Å². The molecule has 0 spiro atoms. The van der Waals surface area contributed by atoms with Crippen molar-refractivity contribution >= 4 is 28.0 Å². The van der Waals surface area contributed by atoms with E-state index in [0.29, 0.717) is 19.5 Å². The van der Waals surface area contributed by atoms with Crippen molar-refractivity contribution in [1.29, 1.82) is 0 Å². The molecule has 1 aromatic heterocycles. The molecule has 0 fully saturated rings. The van der Waals surface area contributed by atoms with Crippen molar-refractivity contribution in [2.75, 3.05) is 13.7 Å². The number of rotatable bonds is 4. The molecule has 0 saturated heterocycles. The molecular weight excluding hydrogens is 426 g/mol. The molecule has 1 aliphatic heterocycles. The van der Waals surface area contributed by atoms with Crippen LogP contribution in [0.1, 0.15) is 21.5 Å². The number of aromatic nitrogens is 1. The maximum absolute atomic E-state index is 14.4. The third kappa shape index (κ3) is 3.66. The van der Waals surface area contributed by atoms with E-state index in [1.165, 1.54) is 6.20 Å². The number of carbonyl (C=O) groups excluding carboxylic acids is 1. The van der Waals surface area contributed by atoms with E-state index in [1.54, 1.807) is 12.0 Å². The van der Waals surface area contributed by atoms with Crippen molar-refractivity contribution in [1.82, 2.24) is 9.88 Å². The van der Waals surface area contributed by atoms with Crippen molar-refractivity contribution < 1.29 is 13.9 Å². The van der Waals surface area contributed by atoms with E-state index in [2.05, 4.69) is 19.8 Å². The van der Waals surface area contributed by atoms with Crippen LogP contribution in [0.3, 0.4) is 0 Å². The fourth-order valence-electron chi connectivity index (χ4n) is 3.26. The molecule has 2 heterocycles. The van der Waals surface area contributed by atoms with E-state index in [9.17, 15) is 9.18 Å². The standard InChI is InChI=1S/C16H14FN2O2.3CH3.Sn/c1-21-13-4-2-11(3-5-13)10-19-7-6-12-8-18-9-14(17)15(12)16(19)20;;;;/h2-5,9H,6-7,10H2,1H3;3*1H3;. The number of amides is 1. The Hall–Kier alpha value is -1.63. The summed E-state index contributed by atoms with van der Waals surface area (Å²) in [5, 5.41) is 0. The third-order valence-electron chi connectivity index (χ3n) is 4.51. The summed E-state index contributed by atoms with van der Waals surface area (Å²) in [6.45, 7) is 1.07. The zero-order valence-electron chi connectivity index (χ0n) is 15.1. The molecule has 0 N–H and O–H groups in total. The van der Waals surface area contributed by atoms with E-state index in [0.717, 1.165) is 20.6 Å². The first-order valence-corrected chi connectivity index (χ1v) is 18.4. The Kier molecular flexibility index (Phi) is 5.04. The second kappa shape index (κ2) is 6.94. The summed E-state index contributed by atoms with van der Waals surface area (Å²) in [5.41, 5.74) is 2.08.